The Bertz CT molecular complexity index is 906. The lowest BCUT2D eigenvalue weighted by Gasteiger charge is -2.30. The highest BCUT2D eigenvalue weighted by Crippen LogP contribution is 2.32. The number of rotatable bonds is 4. The first-order valence-electron chi connectivity index (χ1n) is 8.57. The Labute approximate surface area is 147 Å². The molecule has 2 aromatic rings. The van der Waals surface area contributed by atoms with Gasteiger partial charge in [-0.3, -0.25) is 9.10 Å². The standard InChI is InChI=1S/C19H20N2O3S/c22-19(20-16-9-10-16)15-8-11-18-14(13-15)5-4-12-21(18)25(23,24)17-6-2-1-3-7-17/h1-3,6-8,11,13,16H,4-5,9-10,12H2,(H,20,22). The van der Waals surface area contributed by atoms with Gasteiger partial charge in [0.05, 0.1) is 10.6 Å². The van der Waals surface area contributed by atoms with Gasteiger partial charge in [0, 0.05) is 18.2 Å². The smallest absolute Gasteiger partial charge is 0.264 e. The molecule has 1 aliphatic carbocycles. The molecule has 2 aliphatic rings. The van der Waals surface area contributed by atoms with E-state index in [-0.39, 0.29) is 5.91 Å². The summed E-state index contributed by atoms with van der Waals surface area (Å²) in [5.74, 6) is -0.0756. The molecule has 130 valence electrons. The molecular weight excluding hydrogens is 336 g/mol. The zero-order valence-corrected chi connectivity index (χ0v) is 14.6. The summed E-state index contributed by atoms with van der Waals surface area (Å²) in [7, 11) is -3.58. The average Bonchev–Trinajstić information content (AvgIpc) is 3.45. The molecule has 1 fully saturated rings. The first kappa shape index (κ1) is 16.1. The van der Waals surface area contributed by atoms with Crippen LogP contribution in [0.5, 0.6) is 0 Å². The molecule has 6 heteroatoms. The molecule has 1 saturated carbocycles. The average molecular weight is 356 g/mol. The van der Waals surface area contributed by atoms with Crippen LogP contribution in [0.1, 0.15) is 35.2 Å². The number of nitrogens with zero attached hydrogens (tertiary/aromatic N) is 1. The Hall–Kier alpha value is -2.34. The van der Waals surface area contributed by atoms with Gasteiger partial charge in [-0.25, -0.2) is 8.42 Å². The summed E-state index contributed by atoms with van der Waals surface area (Å²) in [5.41, 5.74) is 2.19. The van der Waals surface area contributed by atoms with Crippen LogP contribution >= 0.6 is 0 Å². The lowest BCUT2D eigenvalue weighted by molar-refractivity contribution is 0.0951. The van der Waals surface area contributed by atoms with E-state index in [1.807, 2.05) is 6.07 Å². The summed E-state index contributed by atoms with van der Waals surface area (Å²) in [6, 6.07) is 14.1. The maximum absolute atomic E-state index is 13.0. The lowest BCUT2D eigenvalue weighted by Crippen LogP contribution is -2.35. The number of hydrogen-bond acceptors (Lipinski definition) is 3. The van der Waals surface area contributed by atoms with E-state index < -0.39 is 10.0 Å². The molecule has 0 atom stereocenters. The van der Waals surface area contributed by atoms with Crippen molar-refractivity contribution in [2.45, 2.75) is 36.6 Å². The maximum Gasteiger partial charge on any atom is 0.264 e. The minimum atomic E-state index is -3.58. The second-order valence-corrected chi connectivity index (χ2v) is 8.45. The van der Waals surface area contributed by atoms with Crippen LogP contribution in [0.4, 0.5) is 5.69 Å². The number of aryl methyl sites for hydroxylation is 1. The van der Waals surface area contributed by atoms with Crippen molar-refractivity contribution >= 4 is 21.6 Å². The van der Waals surface area contributed by atoms with Gasteiger partial charge in [-0.05, 0) is 61.6 Å². The molecule has 1 aliphatic heterocycles. The third kappa shape index (κ3) is 3.14. The third-order valence-corrected chi connectivity index (χ3v) is 6.49. The van der Waals surface area contributed by atoms with Gasteiger partial charge in [0.1, 0.15) is 0 Å². The van der Waals surface area contributed by atoms with Gasteiger partial charge in [0.15, 0.2) is 0 Å². The number of carbonyl (C=O) groups excluding carboxylic acids is 1. The number of fused-ring (bicyclic) bond motifs is 1. The van der Waals surface area contributed by atoms with Crippen LogP contribution in [0.25, 0.3) is 0 Å². The molecule has 0 radical (unpaired) electrons. The van der Waals surface area contributed by atoms with Crippen molar-refractivity contribution in [3.63, 3.8) is 0 Å². The molecule has 1 heterocycles. The van der Waals surface area contributed by atoms with Crippen LogP contribution in [0.2, 0.25) is 0 Å². The van der Waals surface area contributed by atoms with E-state index in [2.05, 4.69) is 5.32 Å². The summed E-state index contributed by atoms with van der Waals surface area (Å²) in [6.45, 7) is 0.456. The molecule has 2 aromatic carbocycles. The first-order valence-corrected chi connectivity index (χ1v) is 10.0. The Balaban J connectivity index is 1.67. The number of benzene rings is 2. The van der Waals surface area contributed by atoms with E-state index in [0.29, 0.717) is 28.7 Å². The van der Waals surface area contributed by atoms with Gasteiger partial charge >= 0.3 is 0 Å². The largest absolute Gasteiger partial charge is 0.349 e. The van der Waals surface area contributed by atoms with Crippen LogP contribution < -0.4 is 9.62 Å². The number of anilines is 1. The Morgan fingerprint density at radius 3 is 2.56 bits per heavy atom. The summed E-state index contributed by atoms with van der Waals surface area (Å²) in [4.78, 5) is 12.5. The van der Waals surface area contributed by atoms with E-state index in [4.69, 9.17) is 0 Å². The molecule has 1 amide bonds. The van der Waals surface area contributed by atoms with Gasteiger partial charge in [-0.1, -0.05) is 18.2 Å². The number of hydrogen-bond donors (Lipinski definition) is 1. The summed E-state index contributed by atoms with van der Waals surface area (Å²) in [6.07, 6.45) is 3.60. The zero-order chi connectivity index (χ0) is 17.4. The van der Waals surface area contributed by atoms with Crippen molar-refractivity contribution in [2.24, 2.45) is 0 Å². The fourth-order valence-electron chi connectivity index (χ4n) is 3.17. The predicted octanol–water partition coefficient (Wildman–Crippen LogP) is 2.72. The summed E-state index contributed by atoms with van der Waals surface area (Å²) >= 11 is 0. The maximum atomic E-state index is 13.0. The quantitative estimate of drug-likeness (QED) is 0.916. The third-order valence-electron chi connectivity index (χ3n) is 4.66. The number of amides is 1. The molecule has 0 spiro atoms. The highest BCUT2D eigenvalue weighted by molar-refractivity contribution is 7.92. The highest BCUT2D eigenvalue weighted by Gasteiger charge is 2.30. The van der Waals surface area contributed by atoms with Crippen molar-refractivity contribution in [1.29, 1.82) is 0 Å². The molecule has 25 heavy (non-hydrogen) atoms. The van der Waals surface area contributed by atoms with Gasteiger partial charge in [-0.2, -0.15) is 0 Å². The molecule has 1 N–H and O–H groups in total. The van der Waals surface area contributed by atoms with Gasteiger partial charge in [-0.15, -0.1) is 0 Å². The van der Waals surface area contributed by atoms with Crippen molar-refractivity contribution in [2.75, 3.05) is 10.8 Å². The minimum Gasteiger partial charge on any atom is -0.349 e. The molecule has 4 rings (SSSR count). The minimum absolute atomic E-state index is 0.0756. The van der Waals surface area contributed by atoms with Crippen LogP contribution in [0.3, 0.4) is 0 Å². The van der Waals surface area contributed by atoms with E-state index in [9.17, 15) is 13.2 Å². The Morgan fingerprint density at radius 1 is 1.08 bits per heavy atom. The number of carbonyl (C=O) groups is 1. The molecule has 0 unspecified atom stereocenters. The zero-order valence-electron chi connectivity index (χ0n) is 13.8. The normalized spacial score (nSPS) is 17.0. The number of nitrogens with one attached hydrogen (secondary N) is 1. The second kappa shape index (κ2) is 6.19. The van der Waals surface area contributed by atoms with Crippen LogP contribution in [0.15, 0.2) is 53.4 Å². The van der Waals surface area contributed by atoms with Crippen molar-refractivity contribution in [3.8, 4) is 0 Å². The fourth-order valence-corrected chi connectivity index (χ4v) is 4.73. The van der Waals surface area contributed by atoms with E-state index in [1.54, 1.807) is 42.5 Å². The summed E-state index contributed by atoms with van der Waals surface area (Å²) in [5, 5.41) is 2.97. The van der Waals surface area contributed by atoms with Crippen molar-refractivity contribution in [3.05, 3.63) is 59.7 Å². The topological polar surface area (TPSA) is 66.5 Å². The fraction of sp³-hybridized carbons (Fsp3) is 0.316. The highest BCUT2D eigenvalue weighted by atomic mass is 32.2. The molecule has 0 bridgehead atoms. The number of sulfonamides is 1. The SMILES string of the molecule is O=C(NC1CC1)c1ccc2c(c1)CCCN2S(=O)(=O)c1ccccc1. The van der Waals surface area contributed by atoms with Gasteiger partial charge < -0.3 is 5.32 Å². The second-order valence-electron chi connectivity index (χ2n) is 6.59. The lowest BCUT2D eigenvalue weighted by atomic mass is 10.0. The van der Waals surface area contributed by atoms with Crippen molar-refractivity contribution in [1.82, 2.24) is 5.32 Å². The summed E-state index contributed by atoms with van der Waals surface area (Å²) < 4.78 is 27.4. The monoisotopic (exact) mass is 356 g/mol. The first-order chi connectivity index (χ1) is 12.1. The molecule has 0 saturated heterocycles. The molecular formula is C19H20N2O3S. The van der Waals surface area contributed by atoms with E-state index in [1.165, 1.54) is 4.31 Å². The van der Waals surface area contributed by atoms with Gasteiger partial charge in [0.25, 0.3) is 15.9 Å². The molecule has 0 aromatic heterocycles. The Kier molecular flexibility index (Phi) is 4.00. The van der Waals surface area contributed by atoms with Gasteiger partial charge in [0.2, 0.25) is 0 Å². The van der Waals surface area contributed by atoms with Crippen LogP contribution in [0, 0.1) is 0 Å². The van der Waals surface area contributed by atoms with Crippen LogP contribution in [-0.4, -0.2) is 26.9 Å². The Morgan fingerprint density at radius 2 is 1.84 bits per heavy atom. The van der Waals surface area contributed by atoms with Crippen LogP contribution in [-0.2, 0) is 16.4 Å². The van der Waals surface area contributed by atoms with E-state index >= 15 is 0 Å². The predicted molar refractivity (Wildman–Crippen MR) is 96.2 cm³/mol. The molecule has 5 nitrogen and oxygen atoms in total. The van der Waals surface area contributed by atoms with E-state index in [0.717, 1.165) is 31.2 Å². The van der Waals surface area contributed by atoms with Crippen molar-refractivity contribution < 1.29 is 13.2 Å².